The first-order valence-corrected chi connectivity index (χ1v) is 6.90. The van der Waals surface area contributed by atoms with E-state index < -0.39 is 0 Å². The molecule has 4 nitrogen and oxygen atoms in total. The van der Waals surface area contributed by atoms with Crippen molar-refractivity contribution in [2.45, 2.75) is 37.0 Å². The monoisotopic (exact) mass is 281 g/mol. The molecule has 0 unspecified atom stereocenters. The molecule has 0 saturated heterocycles. The molecular weight excluding hydrogens is 265 g/mol. The summed E-state index contributed by atoms with van der Waals surface area (Å²) in [5, 5.41) is 6.97. The molecule has 0 fully saturated rings. The van der Waals surface area contributed by atoms with Gasteiger partial charge in [0.2, 0.25) is 0 Å². The molecule has 1 heterocycles. The fraction of sp³-hybridized carbons (Fsp3) is 0.385. The highest BCUT2D eigenvalue weighted by atomic mass is 32.2. The Bertz CT molecular complexity index is 551. The summed E-state index contributed by atoms with van der Waals surface area (Å²) >= 11 is 1.47. The Balaban J connectivity index is 1.93. The molecule has 1 aromatic carbocycles. The van der Waals surface area contributed by atoms with Gasteiger partial charge < -0.3 is 9.84 Å². The van der Waals surface area contributed by atoms with E-state index in [1.165, 1.54) is 23.9 Å². The highest BCUT2D eigenvalue weighted by Crippen LogP contribution is 2.23. The lowest BCUT2D eigenvalue weighted by atomic mass is 10.1. The second-order valence-corrected chi connectivity index (χ2v) is 6.19. The lowest BCUT2D eigenvalue weighted by Gasteiger charge is -2.17. The van der Waals surface area contributed by atoms with Crippen LogP contribution in [0.2, 0.25) is 0 Å². The van der Waals surface area contributed by atoms with Crippen LogP contribution in [-0.2, 0) is 5.75 Å². The second kappa shape index (κ2) is 5.61. The summed E-state index contributed by atoms with van der Waals surface area (Å²) in [7, 11) is 0. The molecule has 1 N–H and O–H groups in total. The zero-order chi connectivity index (χ0) is 13.9. The molecule has 0 aliphatic carbocycles. The van der Waals surface area contributed by atoms with Crippen molar-refractivity contribution in [2.24, 2.45) is 0 Å². The first kappa shape index (κ1) is 13.9. The van der Waals surface area contributed by atoms with E-state index in [0.717, 1.165) is 4.90 Å². The molecule has 0 bridgehead atoms. The number of rotatable bonds is 4. The van der Waals surface area contributed by atoms with Gasteiger partial charge in [0.25, 0.3) is 0 Å². The molecule has 2 aromatic rings. The quantitative estimate of drug-likeness (QED) is 0.866. The van der Waals surface area contributed by atoms with Gasteiger partial charge in [-0.3, -0.25) is 0 Å². The minimum Gasteiger partial charge on any atom is -0.333 e. The third kappa shape index (κ3) is 4.55. The molecule has 1 aromatic heterocycles. The predicted octanol–water partition coefficient (Wildman–Crippen LogP) is 3.71. The van der Waals surface area contributed by atoms with Gasteiger partial charge in [-0.1, -0.05) is 11.2 Å². The van der Waals surface area contributed by atoms with Crippen LogP contribution in [0.1, 0.15) is 26.6 Å². The van der Waals surface area contributed by atoms with Gasteiger partial charge in [0.1, 0.15) is 5.82 Å². The number of nitrogens with one attached hydrogen (secondary N) is 1. The van der Waals surface area contributed by atoms with Gasteiger partial charge in [-0.2, -0.15) is 4.98 Å². The number of halogens is 1. The highest BCUT2D eigenvalue weighted by Gasteiger charge is 2.14. The van der Waals surface area contributed by atoms with Crippen molar-refractivity contribution in [1.29, 1.82) is 0 Å². The Labute approximate surface area is 115 Å². The molecule has 0 spiro atoms. The lowest BCUT2D eigenvalue weighted by molar-refractivity contribution is 0.414. The second-order valence-electron chi connectivity index (χ2n) is 5.14. The maximum Gasteiger partial charge on any atom is 0.321 e. The minimum atomic E-state index is -0.242. The van der Waals surface area contributed by atoms with Gasteiger partial charge >= 0.3 is 6.01 Å². The van der Waals surface area contributed by atoms with Crippen molar-refractivity contribution in [3.8, 4) is 0 Å². The molecule has 19 heavy (non-hydrogen) atoms. The van der Waals surface area contributed by atoms with Crippen molar-refractivity contribution in [1.82, 2.24) is 10.1 Å². The largest absolute Gasteiger partial charge is 0.333 e. The molecule has 6 heteroatoms. The Kier molecular flexibility index (Phi) is 4.09. The standard InChI is InChI=1S/C13H16FN3OS/c1-13(2,3)16-12-15-11(17-18-12)8-19-10-6-4-5-9(14)7-10/h4-7H,8H2,1-3H3,(H,15,16,17). The fourth-order valence-electron chi connectivity index (χ4n) is 1.39. The molecule has 0 saturated carbocycles. The van der Waals surface area contributed by atoms with Crippen molar-refractivity contribution in [3.05, 3.63) is 35.9 Å². The third-order valence-electron chi connectivity index (χ3n) is 2.11. The van der Waals surface area contributed by atoms with Gasteiger partial charge in [0.05, 0.1) is 5.75 Å². The van der Waals surface area contributed by atoms with Gasteiger partial charge in [-0.25, -0.2) is 4.39 Å². The van der Waals surface area contributed by atoms with Crippen LogP contribution < -0.4 is 5.32 Å². The number of nitrogens with zero attached hydrogens (tertiary/aromatic N) is 2. The number of benzene rings is 1. The Morgan fingerprint density at radius 2 is 2.16 bits per heavy atom. The van der Waals surface area contributed by atoms with Crippen molar-refractivity contribution in [3.63, 3.8) is 0 Å². The van der Waals surface area contributed by atoms with Gasteiger partial charge in [0, 0.05) is 10.4 Å². The fourth-order valence-corrected chi connectivity index (χ4v) is 2.17. The van der Waals surface area contributed by atoms with Crippen LogP contribution in [0.15, 0.2) is 33.7 Å². The lowest BCUT2D eigenvalue weighted by Crippen LogP contribution is -2.26. The molecule has 0 aliphatic rings. The van der Waals surface area contributed by atoms with Crippen LogP contribution in [-0.4, -0.2) is 15.7 Å². The molecule has 2 rings (SSSR count). The van der Waals surface area contributed by atoms with E-state index in [1.807, 2.05) is 26.8 Å². The van der Waals surface area contributed by atoms with E-state index >= 15 is 0 Å². The summed E-state index contributed by atoms with van der Waals surface area (Å²) in [6, 6.07) is 6.84. The molecule has 0 radical (unpaired) electrons. The van der Waals surface area contributed by atoms with Crippen LogP contribution in [0.3, 0.4) is 0 Å². The molecule has 0 aliphatic heterocycles. The van der Waals surface area contributed by atoms with Gasteiger partial charge in [-0.05, 0) is 39.0 Å². The first-order chi connectivity index (χ1) is 8.92. The van der Waals surface area contributed by atoms with Gasteiger partial charge in [-0.15, -0.1) is 11.8 Å². The number of thioether (sulfide) groups is 1. The van der Waals surface area contributed by atoms with Crippen LogP contribution in [0, 0.1) is 5.82 Å². The predicted molar refractivity (Wildman–Crippen MR) is 73.6 cm³/mol. The number of aromatic nitrogens is 2. The summed E-state index contributed by atoms with van der Waals surface area (Å²) in [6.45, 7) is 6.04. The molecular formula is C13H16FN3OS. The molecule has 0 amide bonds. The van der Waals surface area contributed by atoms with Crippen molar-refractivity contribution in [2.75, 3.05) is 5.32 Å². The summed E-state index contributed by atoms with van der Waals surface area (Å²) in [4.78, 5) is 5.07. The summed E-state index contributed by atoms with van der Waals surface area (Å²) in [5.74, 6) is 0.882. The van der Waals surface area contributed by atoms with E-state index in [1.54, 1.807) is 6.07 Å². The zero-order valence-corrected chi connectivity index (χ0v) is 11.9. The smallest absolute Gasteiger partial charge is 0.321 e. The van der Waals surface area contributed by atoms with Crippen LogP contribution in [0.5, 0.6) is 0 Å². The van der Waals surface area contributed by atoms with Crippen molar-refractivity contribution >= 4 is 17.8 Å². The van der Waals surface area contributed by atoms with Crippen LogP contribution in [0.25, 0.3) is 0 Å². The Morgan fingerprint density at radius 1 is 1.37 bits per heavy atom. The topological polar surface area (TPSA) is 51.0 Å². The van der Waals surface area contributed by atoms with E-state index in [2.05, 4.69) is 15.5 Å². The van der Waals surface area contributed by atoms with E-state index in [-0.39, 0.29) is 11.4 Å². The van der Waals surface area contributed by atoms with E-state index in [0.29, 0.717) is 17.6 Å². The van der Waals surface area contributed by atoms with E-state index in [9.17, 15) is 4.39 Å². The first-order valence-electron chi connectivity index (χ1n) is 5.91. The SMILES string of the molecule is CC(C)(C)Nc1nc(CSc2cccc(F)c2)no1. The molecule has 102 valence electrons. The highest BCUT2D eigenvalue weighted by molar-refractivity contribution is 7.98. The minimum absolute atomic E-state index is 0.125. The number of anilines is 1. The number of hydrogen-bond acceptors (Lipinski definition) is 5. The maximum atomic E-state index is 13.0. The normalized spacial score (nSPS) is 11.6. The average molecular weight is 281 g/mol. The zero-order valence-electron chi connectivity index (χ0n) is 11.1. The van der Waals surface area contributed by atoms with Crippen LogP contribution in [0.4, 0.5) is 10.4 Å². The Hall–Kier alpha value is -1.56. The maximum absolute atomic E-state index is 13.0. The van der Waals surface area contributed by atoms with Gasteiger partial charge in [0.15, 0.2) is 5.82 Å². The number of hydrogen-bond donors (Lipinski definition) is 1. The van der Waals surface area contributed by atoms with E-state index in [4.69, 9.17) is 4.52 Å². The van der Waals surface area contributed by atoms with Crippen LogP contribution >= 0.6 is 11.8 Å². The third-order valence-corrected chi connectivity index (χ3v) is 3.10. The average Bonchev–Trinajstić information content (AvgIpc) is 2.72. The van der Waals surface area contributed by atoms with Crippen molar-refractivity contribution < 1.29 is 8.91 Å². The molecule has 0 atom stereocenters. The Morgan fingerprint density at radius 3 is 2.84 bits per heavy atom. The summed E-state index contributed by atoms with van der Waals surface area (Å²) < 4.78 is 18.1. The summed E-state index contributed by atoms with van der Waals surface area (Å²) in [5.41, 5.74) is -0.125. The summed E-state index contributed by atoms with van der Waals surface area (Å²) in [6.07, 6.45) is 0.